The molecule has 0 radical (unpaired) electrons. The normalized spacial score (nSPS) is 12.8. The van der Waals surface area contributed by atoms with E-state index in [4.69, 9.17) is 4.74 Å². The molecule has 0 aliphatic heterocycles. The van der Waals surface area contributed by atoms with Crippen LogP contribution in [0.1, 0.15) is 32.8 Å². The van der Waals surface area contributed by atoms with Crippen LogP contribution in [0.4, 0.5) is 4.79 Å². The first-order chi connectivity index (χ1) is 12.7. The highest BCUT2D eigenvalue weighted by Crippen LogP contribution is 2.09. The molecule has 1 rings (SSSR count). The predicted molar refractivity (Wildman–Crippen MR) is 109 cm³/mol. The summed E-state index contributed by atoms with van der Waals surface area (Å²) >= 11 is 0. The van der Waals surface area contributed by atoms with Crippen LogP contribution in [0.3, 0.4) is 0 Å². The van der Waals surface area contributed by atoms with Gasteiger partial charge in [-0.3, -0.25) is 4.79 Å². The third kappa shape index (κ3) is 11.8. The third-order valence-electron chi connectivity index (χ3n) is 3.56. The molecule has 0 aromatic heterocycles. The second-order valence-corrected chi connectivity index (χ2v) is 7.75. The Morgan fingerprint density at radius 1 is 1.19 bits per heavy atom. The standard InChI is InChI=1S/C21H33N3O3/c1-21(2,3)27-20(26)23-18(16-17-10-7-6-8-11-17)12-13-19(25)22-14-9-15-24(4)5/h6-8,10-13,18H,9,14-16H2,1-5H3,(H,22,25)(H,23,26). The Morgan fingerprint density at radius 2 is 1.85 bits per heavy atom. The first-order valence-electron chi connectivity index (χ1n) is 9.30. The highest BCUT2D eigenvalue weighted by molar-refractivity contribution is 5.87. The quantitative estimate of drug-likeness (QED) is 0.514. The zero-order valence-corrected chi connectivity index (χ0v) is 17.1. The van der Waals surface area contributed by atoms with Crippen LogP contribution in [0.15, 0.2) is 42.5 Å². The monoisotopic (exact) mass is 375 g/mol. The molecule has 27 heavy (non-hydrogen) atoms. The van der Waals surface area contributed by atoms with Gasteiger partial charge in [0.05, 0.1) is 6.04 Å². The minimum atomic E-state index is -0.574. The molecule has 2 N–H and O–H groups in total. The summed E-state index contributed by atoms with van der Waals surface area (Å²) in [4.78, 5) is 26.2. The van der Waals surface area contributed by atoms with Crippen LogP contribution >= 0.6 is 0 Å². The van der Waals surface area contributed by atoms with Crippen molar-refractivity contribution in [1.29, 1.82) is 0 Å². The van der Waals surface area contributed by atoms with E-state index in [-0.39, 0.29) is 11.9 Å². The maximum absolute atomic E-state index is 12.1. The zero-order valence-electron chi connectivity index (χ0n) is 17.1. The van der Waals surface area contributed by atoms with E-state index < -0.39 is 11.7 Å². The number of amides is 2. The van der Waals surface area contributed by atoms with Crippen molar-refractivity contribution in [2.24, 2.45) is 0 Å². The fourth-order valence-electron chi connectivity index (χ4n) is 2.36. The molecular formula is C21H33N3O3. The molecule has 0 saturated carbocycles. The molecule has 0 heterocycles. The lowest BCUT2D eigenvalue weighted by atomic mass is 10.1. The van der Waals surface area contributed by atoms with Crippen molar-refractivity contribution < 1.29 is 14.3 Å². The van der Waals surface area contributed by atoms with Gasteiger partial charge < -0.3 is 20.3 Å². The second kappa shape index (κ2) is 11.4. The van der Waals surface area contributed by atoms with Gasteiger partial charge in [-0.1, -0.05) is 36.4 Å². The molecule has 0 fully saturated rings. The van der Waals surface area contributed by atoms with E-state index >= 15 is 0 Å². The molecule has 6 nitrogen and oxygen atoms in total. The van der Waals surface area contributed by atoms with E-state index in [2.05, 4.69) is 15.5 Å². The van der Waals surface area contributed by atoms with Gasteiger partial charge in [0.25, 0.3) is 0 Å². The maximum atomic E-state index is 12.1. The van der Waals surface area contributed by atoms with Gasteiger partial charge in [0.1, 0.15) is 5.60 Å². The Balaban J connectivity index is 2.64. The van der Waals surface area contributed by atoms with Crippen LogP contribution in [0.25, 0.3) is 0 Å². The number of hydrogen-bond acceptors (Lipinski definition) is 4. The maximum Gasteiger partial charge on any atom is 0.408 e. The Hall–Kier alpha value is -2.34. The summed E-state index contributed by atoms with van der Waals surface area (Å²) in [5.41, 5.74) is 0.490. The number of rotatable bonds is 9. The summed E-state index contributed by atoms with van der Waals surface area (Å²) in [5.74, 6) is -0.169. The van der Waals surface area contributed by atoms with Crippen molar-refractivity contribution in [2.45, 2.75) is 45.3 Å². The van der Waals surface area contributed by atoms with Gasteiger partial charge in [-0.05, 0) is 59.8 Å². The van der Waals surface area contributed by atoms with Crippen molar-refractivity contribution >= 4 is 12.0 Å². The third-order valence-corrected chi connectivity index (χ3v) is 3.56. The Labute approximate surface area is 163 Å². The number of hydrogen-bond donors (Lipinski definition) is 2. The van der Waals surface area contributed by atoms with Gasteiger partial charge in [-0.25, -0.2) is 4.79 Å². The molecule has 1 aromatic rings. The van der Waals surface area contributed by atoms with Crippen molar-refractivity contribution in [2.75, 3.05) is 27.2 Å². The lowest BCUT2D eigenvalue weighted by Crippen LogP contribution is -2.39. The average molecular weight is 376 g/mol. The molecule has 1 atom stereocenters. The molecule has 1 aromatic carbocycles. The number of alkyl carbamates (subject to hydrolysis) is 1. The highest BCUT2D eigenvalue weighted by Gasteiger charge is 2.18. The molecule has 0 aliphatic carbocycles. The van der Waals surface area contributed by atoms with Gasteiger partial charge in [-0.2, -0.15) is 0 Å². The molecule has 2 amide bonds. The van der Waals surface area contributed by atoms with Crippen molar-refractivity contribution in [3.63, 3.8) is 0 Å². The second-order valence-electron chi connectivity index (χ2n) is 7.75. The molecule has 0 saturated heterocycles. The Bertz CT molecular complexity index is 607. The number of benzene rings is 1. The van der Waals surface area contributed by atoms with Gasteiger partial charge in [0.15, 0.2) is 0 Å². The predicted octanol–water partition coefficient (Wildman–Crippen LogP) is 2.75. The van der Waals surface area contributed by atoms with Gasteiger partial charge in [0.2, 0.25) is 5.91 Å². The minimum absolute atomic E-state index is 0.169. The van der Waals surface area contributed by atoms with Crippen LogP contribution in [-0.4, -0.2) is 55.7 Å². The molecule has 0 spiro atoms. The van der Waals surface area contributed by atoms with Gasteiger partial charge >= 0.3 is 6.09 Å². The van der Waals surface area contributed by atoms with E-state index in [0.29, 0.717) is 13.0 Å². The van der Waals surface area contributed by atoms with E-state index in [0.717, 1.165) is 18.5 Å². The number of nitrogens with one attached hydrogen (secondary N) is 2. The SMILES string of the molecule is CN(C)CCCNC(=O)C=CC(Cc1ccccc1)NC(=O)OC(C)(C)C. The van der Waals surface area contributed by atoms with E-state index in [1.807, 2.05) is 65.2 Å². The van der Waals surface area contributed by atoms with Gasteiger partial charge in [0, 0.05) is 12.6 Å². The van der Waals surface area contributed by atoms with Crippen molar-refractivity contribution in [3.05, 3.63) is 48.0 Å². The van der Waals surface area contributed by atoms with Crippen molar-refractivity contribution in [1.82, 2.24) is 15.5 Å². The highest BCUT2D eigenvalue weighted by atomic mass is 16.6. The lowest BCUT2D eigenvalue weighted by molar-refractivity contribution is -0.116. The van der Waals surface area contributed by atoms with E-state index in [9.17, 15) is 9.59 Å². The summed E-state index contributed by atoms with van der Waals surface area (Å²) in [6, 6.07) is 9.46. The molecule has 0 bridgehead atoms. The summed E-state index contributed by atoms with van der Waals surface area (Å²) in [5, 5.41) is 5.68. The summed E-state index contributed by atoms with van der Waals surface area (Å²) in [6.07, 6.45) is 4.14. The number of carbonyl (C=O) groups excluding carboxylic acids is 2. The molecule has 1 unspecified atom stereocenters. The van der Waals surface area contributed by atoms with Crippen LogP contribution < -0.4 is 10.6 Å². The molecular weight excluding hydrogens is 342 g/mol. The van der Waals surface area contributed by atoms with Gasteiger partial charge in [-0.15, -0.1) is 0 Å². The number of ether oxygens (including phenoxy) is 1. The molecule has 150 valence electrons. The van der Waals surface area contributed by atoms with Crippen LogP contribution in [0.2, 0.25) is 0 Å². The Morgan fingerprint density at radius 3 is 2.44 bits per heavy atom. The summed E-state index contributed by atoms with van der Waals surface area (Å²) in [6.45, 7) is 6.98. The fourth-order valence-corrected chi connectivity index (χ4v) is 2.36. The summed E-state index contributed by atoms with van der Waals surface area (Å²) < 4.78 is 5.33. The first-order valence-corrected chi connectivity index (χ1v) is 9.30. The molecule has 0 aliphatic rings. The van der Waals surface area contributed by atoms with Crippen LogP contribution in [-0.2, 0) is 16.0 Å². The summed E-state index contributed by atoms with van der Waals surface area (Å²) in [7, 11) is 4.00. The first kappa shape index (κ1) is 22.7. The number of carbonyl (C=O) groups is 2. The smallest absolute Gasteiger partial charge is 0.408 e. The largest absolute Gasteiger partial charge is 0.444 e. The van der Waals surface area contributed by atoms with E-state index in [1.165, 1.54) is 6.08 Å². The zero-order chi connectivity index (χ0) is 20.3. The average Bonchev–Trinajstić information content (AvgIpc) is 2.55. The molecule has 6 heteroatoms. The fraction of sp³-hybridized carbons (Fsp3) is 0.524. The topological polar surface area (TPSA) is 70.7 Å². The number of nitrogens with zero attached hydrogens (tertiary/aromatic N) is 1. The van der Waals surface area contributed by atoms with E-state index in [1.54, 1.807) is 6.08 Å². The Kier molecular flexibility index (Phi) is 9.58. The van der Waals surface area contributed by atoms with Crippen molar-refractivity contribution in [3.8, 4) is 0 Å². The minimum Gasteiger partial charge on any atom is -0.444 e. The lowest BCUT2D eigenvalue weighted by Gasteiger charge is -2.22. The van der Waals surface area contributed by atoms with Crippen LogP contribution in [0.5, 0.6) is 0 Å². The van der Waals surface area contributed by atoms with Crippen LogP contribution in [0, 0.1) is 0 Å².